The summed E-state index contributed by atoms with van der Waals surface area (Å²) in [4.78, 5) is 13.3. The maximum Gasteiger partial charge on any atom is 0.243 e. The lowest BCUT2D eigenvalue weighted by Crippen LogP contribution is -2.26. The van der Waals surface area contributed by atoms with Gasteiger partial charge in [0.2, 0.25) is 5.91 Å². The van der Waals surface area contributed by atoms with Crippen molar-refractivity contribution in [1.82, 2.24) is 14.7 Å². The third-order valence-electron chi connectivity index (χ3n) is 3.12. The average Bonchev–Trinajstić information content (AvgIpc) is 2.71. The van der Waals surface area contributed by atoms with Gasteiger partial charge in [-0.3, -0.25) is 9.48 Å². The zero-order chi connectivity index (χ0) is 13.3. The zero-order valence-corrected chi connectivity index (χ0v) is 11.3. The molecular formula is C14H19N3O. The molecule has 18 heavy (non-hydrogen) atoms. The van der Waals surface area contributed by atoms with E-state index in [0.717, 1.165) is 10.9 Å². The van der Waals surface area contributed by atoms with Crippen LogP contribution in [0, 0.1) is 0 Å². The van der Waals surface area contributed by atoms with Gasteiger partial charge in [0.15, 0.2) is 0 Å². The van der Waals surface area contributed by atoms with Crippen LogP contribution in [0.15, 0.2) is 24.4 Å². The normalized spacial score (nSPS) is 11.2. The first-order chi connectivity index (χ1) is 8.49. The van der Waals surface area contributed by atoms with E-state index < -0.39 is 0 Å². The van der Waals surface area contributed by atoms with E-state index in [1.165, 1.54) is 5.56 Å². The molecule has 0 aliphatic rings. The van der Waals surface area contributed by atoms with E-state index in [9.17, 15) is 4.79 Å². The van der Waals surface area contributed by atoms with Crippen LogP contribution in [0.3, 0.4) is 0 Å². The van der Waals surface area contributed by atoms with Crippen LogP contribution in [0.1, 0.15) is 25.3 Å². The first-order valence-electron chi connectivity index (χ1n) is 6.14. The number of rotatable bonds is 3. The SMILES string of the molecule is CC(C)c1ccc2cnn(CC(=O)N(C)C)c2c1. The number of amides is 1. The molecule has 0 saturated heterocycles. The number of hydrogen-bond donors (Lipinski definition) is 0. The summed E-state index contributed by atoms with van der Waals surface area (Å²) in [6.45, 7) is 4.61. The van der Waals surface area contributed by atoms with Crippen molar-refractivity contribution in [3.63, 3.8) is 0 Å². The molecule has 1 amide bonds. The molecule has 2 rings (SSSR count). The summed E-state index contributed by atoms with van der Waals surface area (Å²) < 4.78 is 1.77. The lowest BCUT2D eigenvalue weighted by atomic mass is 10.0. The van der Waals surface area contributed by atoms with Crippen molar-refractivity contribution < 1.29 is 4.79 Å². The van der Waals surface area contributed by atoms with E-state index >= 15 is 0 Å². The van der Waals surface area contributed by atoms with Gasteiger partial charge >= 0.3 is 0 Å². The molecule has 4 nitrogen and oxygen atoms in total. The highest BCUT2D eigenvalue weighted by molar-refractivity contribution is 5.82. The Labute approximate surface area is 107 Å². The lowest BCUT2D eigenvalue weighted by Gasteiger charge is -2.11. The molecule has 0 spiro atoms. The van der Waals surface area contributed by atoms with Crippen LogP contribution in [0.25, 0.3) is 10.9 Å². The molecule has 0 atom stereocenters. The minimum atomic E-state index is 0.0509. The summed E-state index contributed by atoms with van der Waals surface area (Å²) in [6.07, 6.45) is 1.81. The van der Waals surface area contributed by atoms with Crippen LogP contribution < -0.4 is 0 Å². The molecule has 1 heterocycles. The highest BCUT2D eigenvalue weighted by Gasteiger charge is 2.10. The molecule has 1 aromatic carbocycles. The van der Waals surface area contributed by atoms with Gasteiger partial charge in [0.1, 0.15) is 6.54 Å². The van der Waals surface area contributed by atoms with Gasteiger partial charge in [-0.05, 0) is 17.5 Å². The van der Waals surface area contributed by atoms with Crippen molar-refractivity contribution >= 4 is 16.8 Å². The second-order valence-electron chi connectivity index (χ2n) is 5.06. The number of likely N-dealkylation sites (N-methyl/N-ethyl adjacent to an activating group) is 1. The fourth-order valence-electron chi connectivity index (χ4n) is 1.84. The average molecular weight is 245 g/mol. The topological polar surface area (TPSA) is 38.1 Å². The van der Waals surface area contributed by atoms with E-state index in [1.807, 2.05) is 6.20 Å². The highest BCUT2D eigenvalue weighted by atomic mass is 16.2. The van der Waals surface area contributed by atoms with Crippen molar-refractivity contribution in [2.24, 2.45) is 0 Å². The summed E-state index contributed by atoms with van der Waals surface area (Å²) in [5.41, 5.74) is 2.29. The number of aromatic nitrogens is 2. The Kier molecular flexibility index (Phi) is 3.36. The van der Waals surface area contributed by atoms with Crippen LogP contribution in [-0.2, 0) is 11.3 Å². The van der Waals surface area contributed by atoms with E-state index in [0.29, 0.717) is 5.92 Å². The van der Waals surface area contributed by atoms with Crippen molar-refractivity contribution in [2.45, 2.75) is 26.3 Å². The zero-order valence-electron chi connectivity index (χ0n) is 11.3. The van der Waals surface area contributed by atoms with Gasteiger partial charge in [-0.25, -0.2) is 0 Å². The molecule has 2 aromatic rings. The number of benzene rings is 1. The predicted molar refractivity (Wildman–Crippen MR) is 72.5 cm³/mol. The predicted octanol–water partition coefficient (Wildman–Crippen LogP) is 2.25. The fourth-order valence-corrected chi connectivity index (χ4v) is 1.84. The Morgan fingerprint density at radius 3 is 2.72 bits per heavy atom. The fraction of sp³-hybridized carbons (Fsp3) is 0.429. The van der Waals surface area contributed by atoms with Gasteiger partial charge in [0.05, 0.1) is 11.7 Å². The van der Waals surface area contributed by atoms with Gasteiger partial charge in [-0.1, -0.05) is 26.0 Å². The summed E-state index contributed by atoms with van der Waals surface area (Å²) in [5.74, 6) is 0.525. The van der Waals surface area contributed by atoms with Crippen LogP contribution >= 0.6 is 0 Å². The van der Waals surface area contributed by atoms with Gasteiger partial charge in [0.25, 0.3) is 0 Å². The Morgan fingerprint density at radius 1 is 1.39 bits per heavy atom. The Bertz CT molecular complexity index is 569. The first-order valence-corrected chi connectivity index (χ1v) is 6.14. The third-order valence-corrected chi connectivity index (χ3v) is 3.12. The van der Waals surface area contributed by atoms with Crippen molar-refractivity contribution in [3.8, 4) is 0 Å². The van der Waals surface area contributed by atoms with Crippen molar-refractivity contribution in [1.29, 1.82) is 0 Å². The summed E-state index contributed by atoms with van der Waals surface area (Å²) in [6, 6.07) is 6.30. The van der Waals surface area contributed by atoms with E-state index in [4.69, 9.17) is 0 Å². The number of nitrogens with zero attached hydrogens (tertiary/aromatic N) is 3. The van der Waals surface area contributed by atoms with Crippen LogP contribution in [0.2, 0.25) is 0 Å². The molecule has 96 valence electrons. The maximum atomic E-state index is 11.7. The largest absolute Gasteiger partial charge is 0.347 e. The second-order valence-corrected chi connectivity index (χ2v) is 5.06. The summed E-state index contributed by atoms with van der Waals surface area (Å²) >= 11 is 0. The van der Waals surface area contributed by atoms with E-state index in [1.54, 1.807) is 23.7 Å². The molecule has 0 bridgehead atoms. The quantitative estimate of drug-likeness (QED) is 0.831. The van der Waals surface area contributed by atoms with E-state index in [2.05, 4.69) is 37.1 Å². The highest BCUT2D eigenvalue weighted by Crippen LogP contribution is 2.21. The van der Waals surface area contributed by atoms with Crippen molar-refractivity contribution in [3.05, 3.63) is 30.0 Å². The first kappa shape index (κ1) is 12.6. The van der Waals surface area contributed by atoms with Crippen molar-refractivity contribution in [2.75, 3.05) is 14.1 Å². The van der Waals surface area contributed by atoms with Gasteiger partial charge in [-0.2, -0.15) is 5.10 Å². The number of hydrogen-bond acceptors (Lipinski definition) is 2. The molecule has 0 aliphatic carbocycles. The maximum absolute atomic E-state index is 11.7. The molecular weight excluding hydrogens is 226 g/mol. The lowest BCUT2D eigenvalue weighted by molar-refractivity contribution is -0.129. The minimum absolute atomic E-state index is 0.0509. The molecule has 0 saturated carbocycles. The smallest absolute Gasteiger partial charge is 0.243 e. The van der Waals surface area contributed by atoms with E-state index in [-0.39, 0.29) is 12.5 Å². The Hall–Kier alpha value is -1.84. The third kappa shape index (κ3) is 2.37. The molecule has 1 aromatic heterocycles. The number of fused-ring (bicyclic) bond motifs is 1. The Balaban J connectivity index is 2.39. The molecule has 0 unspecified atom stereocenters. The number of carbonyl (C=O) groups is 1. The standard InChI is InChI=1S/C14H19N3O/c1-10(2)11-5-6-12-8-15-17(13(12)7-11)9-14(18)16(3)4/h5-8,10H,9H2,1-4H3. The second kappa shape index (κ2) is 4.80. The van der Waals surface area contributed by atoms with Gasteiger partial charge < -0.3 is 4.90 Å². The minimum Gasteiger partial charge on any atom is -0.347 e. The molecule has 0 N–H and O–H groups in total. The molecule has 0 aliphatic heterocycles. The molecule has 4 heteroatoms. The monoisotopic (exact) mass is 245 g/mol. The van der Waals surface area contributed by atoms with Gasteiger partial charge in [0, 0.05) is 19.5 Å². The van der Waals surface area contributed by atoms with Crippen LogP contribution in [-0.4, -0.2) is 34.7 Å². The number of carbonyl (C=O) groups excluding carboxylic acids is 1. The Morgan fingerprint density at radius 2 is 2.11 bits per heavy atom. The molecule has 0 radical (unpaired) electrons. The van der Waals surface area contributed by atoms with Crippen LogP contribution in [0.5, 0.6) is 0 Å². The summed E-state index contributed by atoms with van der Waals surface area (Å²) in [7, 11) is 3.52. The summed E-state index contributed by atoms with van der Waals surface area (Å²) in [5, 5.41) is 5.36. The van der Waals surface area contributed by atoms with Crippen LogP contribution in [0.4, 0.5) is 0 Å². The molecule has 0 fully saturated rings. The van der Waals surface area contributed by atoms with Gasteiger partial charge in [-0.15, -0.1) is 0 Å².